The van der Waals surface area contributed by atoms with E-state index in [0.29, 0.717) is 6.04 Å². The van der Waals surface area contributed by atoms with E-state index in [1.165, 1.54) is 0 Å². The summed E-state index contributed by atoms with van der Waals surface area (Å²) in [4.78, 5) is 26.9. The van der Waals surface area contributed by atoms with Crippen LogP contribution in [0.3, 0.4) is 0 Å². The van der Waals surface area contributed by atoms with Gasteiger partial charge in [-0.3, -0.25) is 9.59 Å². The normalized spacial score (nSPS) is 14.6. The van der Waals surface area contributed by atoms with Crippen molar-refractivity contribution in [3.05, 3.63) is 65.0 Å². The van der Waals surface area contributed by atoms with Crippen LogP contribution < -0.4 is 21.5 Å². The molecule has 3 aromatic rings. The highest BCUT2D eigenvalue weighted by Crippen LogP contribution is 2.24. The van der Waals surface area contributed by atoms with Crippen molar-refractivity contribution < 1.29 is 9.53 Å². The Balaban J connectivity index is 1.37. The molecule has 7 nitrogen and oxygen atoms in total. The number of benzene rings is 2. The summed E-state index contributed by atoms with van der Waals surface area (Å²) in [5, 5.41) is 10.4. The summed E-state index contributed by atoms with van der Waals surface area (Å²) < 4.78 is 5.32. The predicted octanol–water partition coefficient (Wildman–Crippen LogP) is 2.98. The molecule has 150 valence electrons. The van der Waals surface area contributed by atoms with Gasteiger partial charge in [-0.05, 0) is 43.2 Å². The summed E-state index contributed by atoms with van der Waals surface area (Å²) >= 11 is 0. The molecule has 1 fully saturated rings. The van der Waals surface area contributed by atoms with E-state index in [1.807, 2.05) is 48.5 Å². The second kappa shape index (κ2) is 8.89. The van der Waals surface area contributed by atoms with E-state index < -0.39 is 0 Å². The van der Waals surface area contributed by atoms with Crippen LogP contribution in [0.5, 0.6) is 0 Å². The van der Waals surface area contributed by atoms with Gasteiger partial charge < -0.3 is 25.7 Å². The topological polar surface area (TPSA) is 95.2 Å². The van der Waals surface area contributed by atoms with Crippen LogP contribution in [0.25, 0.3) is 10.9 Å². The van der Waals surface area contributed by atoms with Crippen LogP contribution in [0.15, 0.2) is 59.4 Å². The first-order valence-electron chi connectivity index (χ1n) is 9.77. The van der Waals surface area contributed by atoms with Gasteiger partial charge in [0.25, 0.3) is 0 Å². The highest BCUT2D eigenvalue weighted by atomic mass is 16.5. The maximum Gasteiger partial charge on any atom is 0.250 e. The molecule has 2 aromatic carbocycles. The number of carbonyl (C=O) groups excluding carboxylic acids is 1. The number of pyridine rings is 1. The molecule has 0 spiro atoms. The lowest BCUT2D eigenvalue weighted by Gasteiger charge is -2.22. The average molecular weight is 392 g/mol. The number of hydrogen-bond acceptors (Lipinski definition) is 5. The number of carbonyl (C=O) groups is 1. The van der Waals surface area contributed by atoms with Crippen LogP contribution in [-0.2, 0) is 9.53 Å². The zero-order valence-electron chi connectivity index (χ0n) is 16.0. The number of hydrogen-bond donors (Lipinski definition) is 4. The Morgan fingerprint density at radius 2 is 1.76 bits per heavy atom. The molecule has 1 aromatic heterocycles. The van der Waals surface area contributed by atoms with Crippen molar-refractivity contribution in [2.75, 3.05) is 30.4 Å². The van der Waals surface area contributed by atoms with Gasteiger partial charge in [-0.2, -0.15) is 0 Å². The number of rotatable bonds is 6. The third-order valence-corrected chi connectivity index (χ3v) is 4.97. The number of aromatic amines is 1. The maximum absolute atomic E-state index is 12.2. The van der Waals surface area contributed by atoms with Crippen molar-refractivity contribution in [2.24, 2.45) is 0 Å². The Morgan fingerprint density at radius 3 is 2.55 bits per heavy atom. The lowest BCUT2D eigenvalue weighted by molar-refractivity contribution is -0.115. The molecular weight excluding hydrogens is 368 g/mol. The largest absolute Gasteiger partial charge is 0.381 e. The number of amides is 1. The zero-order valence-corrected chi connectivity index (χ0v) is 16.0. The van der Waals surface area contributed by atoms with Crippen molar-refractivity contribution in [1.29, 1.82) is 0 Å². The van der Waals surface area contributed by atoms with E-state index in [-0.39, 0.29) is 18.0 Å². The van der Waals surface area contributed by atoms with Gasteiger partial charge in [0, 0.05) is 42.1 Å². The average Bonchev–Trinajstić information content (AvgIpc) is 2.74. The molecule has 2 heterocycles. The first kappa shape index (κ1) is 19.2. The van der Waals surface area contributed by atoms with Crippen LogP contribution in [0.2, 0.25) is 0 Å². The van der Waals surface area contributed by atoms with Crippen molar-refractivity contribution >= 4 is 33.9 Å². The summed E-state index contributed by atoms with van der Waals surface area (Å²) in [5.41, 5.74) is 2.92. The molecule has 1 aliphatic rings. The van der Waals surface area contributed by atoms with Crippen LogP contribution in [0, 0.1) is 0 Å². The fraction of sp³-hybridized carbons (Fsp3) is 0.273. The summed E-state index contributed by atoms with van der Waals surface area (Å²) in [7, 11) is 0. The third-order valence-electron chi connectivity index (χ3n) is 4.97. The van der Waals surface area contributed by atoms with E-state index >= 15 is 0 Å². The molecule has 4 N–H and O–H groups in total. The quantitative estimate of drug-likeness (QED) is 0.517. The van der Waals surface area contributed by atoms with E-state index in [4.69, 9.17) is 4.74 Å². The molecule has 29 heavy (non-hydrogen) atoms. The Bertz CT molecular complexity index is 1040. The molecule has 0 aliphatic carbocycles. The number of nitrogens with one attached hydrogen (secondary N) is 4. The minimum absolute atomic E-state index is 0.0715. The molecular formula is C22H24N4O3. The molecule has 0 saturated carbocycles. The molecule has 0 unspecified atom stereocenters. The van der Waals surface area contributed by atoms with Gasteiger partial charge in [-0.25, -0.2) is 0 Å². The van der Waals surface area contributed by atoms with Gasteiger partial charge in [0.05, 0.1) is 17.7 Å². The summed E-state index contributed by atoms with van der Waals surface area (Å²) in [5.74, 6) is -0.0715. The SMILES string of the molecule is O=C(CNC1CCOCC1)Nc1ccc(Nc2cc(=O)[nH]c3ccccc23)cc1. The molecule has 1 saturated heterocycles. The fourth-order valence-corrected chi connectivity index (χ4v) is 3.44. The van der Waals surface area contributed by atoms with E-state index in [9.17, 15) is 9.59 Å². The molecule has 1 aliphatic heterocycles. The Labute approximate surface area is 168 Å². The van der Waals surface area contributed by atoms with Crippen molar-refractivity contribution in [3.8, 4) is 0 Å². The van der Waals surface area contributed by atoms with Crippen LogP contribution >= 0.6 is 0 Å². The molecule has 0 atom stereocenters. The molecule has 7 heteroatoms. The Morgan fingerprint density at radius 1 is 1.03 bits per heavy atom. The highest BCUT2D eigenvalue weighted by molar-refractivity contribution is 5.94. The predicted molar refractivity (Wildman–Crippen MR) is 115 cm³/mol. The second-order valence-corrected chi connectivity index (χ2v) is 7.11. The molecule has 0 radical (unpaired) electrons. The number of aromatic nitrogens is 1. The minimum atomic E-state index is -0.160. The van der Waals surface area contributed by atoms with Gasteiger partial charge >= 0.3 is 0 Å². The number of para-hydroxylation sites is 1. The Hall–Kier alpha value is -3.16. The van der Waals surface area contributed by atoms with Gasteiger partial charge in [-0.1, -0.05) is 18.2 Å². The van der Waals surface area contributed by atoms with E-state index in [0.717, 1.165) is 54.0 Å². The number of fused-ring (bicyclic) bond motifs is 1. The highest BCUT2D eigenvalue weighted by Gasteiger charge is 2.14. The number of H-pyrrole nitrogens is 1. The first-order chi connectivity index (χ1) is 14.2. The summed E-state index contributed by atoms with van der Waals surface area (Å²) in [6, 6.07) is 16.9. The van der Waals surface area contributed by atoms with Gasteiger partial charge in [-0.15, -0.1) is 0 Å². The zero-order chi connectivity index (χ0) is 20.1. The molecule has 0 bridgehead atoms. The smallest absolute Gasteiger partial charge is 0.250 e. The van der Waals surface area contributed by atoms with Crippen LogP contribution in [-0.4, -0.2) is 36.7 Å². The summed E-state index contributed by atoms with van der Waals surface area (Å²) in [6.07, 6.45) is 1.87. The standard InChI is InChI=1S/C22H24N4O3/c27-21-13-20(18-3-1-2-4-19(18)26-21)24-16-5-7-17(8-6-16)25-22(28)14-23-15-9-11-29-12-10-15/h1-8,13,15,23H,9-12,14H2,(H,25,28)(H2,24,26,27). The van der Waals surface area contributed by atoms with Gasteiger partial charge in [0.15, 0.2) is 0 Å². The lowest BCUT2D eigenvalue weighted by Crippen LogP contribution is -2.39. The van der Waals surface area contributed by atoms with E-state index in [1.54, 1.807) is 6.07 Å². The number of anilines is 3. The van der Waals surface area contributed by atoms with Crippen molar-refractivity contribution in [3.63, 3.8) is 0 Å². The monoisotopic (exact) mass is 392 g/mol. The van der Waals surface area contributed by atoms with Crippen molar-refractivity contribution in [2.45, 2.75) is 18.9 Å². The van der Waals surface area contributed by atoms with Crippen LogP contribution in [0.4, 0.5) is 17.1 Å². The van der Waals surface area contributed by atoms with Crippen LogP contribution in [0.1, 0.15) is 12.8 Å². The second-order valence-electron chi connectivity index (χ2n) is 7.11. The van der Waals surface area contributed by atoms with Crippen molar-refractivity contribution in [1.82, 2.24) is 10.3 Å². The lowest BCUT2D eigenvalue weighted by atomic mass is 10.1. The minimum Gasteiger partial charge on any atom is -0.381 e. The number of ether oxygens (including phenoxy) is 1. The Kier molecular flexibility index (Phi) is 5.88. The van der Waals surface area contributed by atoms with Gasteiger partial charge in [0.1, 0.15) is 0 Å². The first-order valence-corrected chi connectivity index (χ1v) is 9.77. The van der Waals surface area contributed by atoms with Gasteiger partial charge in [0.2, 0.25) is 11.5 Å². The van der Waals surface area contributed by atoms with E-state index in [2.05, 4.69) is 20.9 Å². The maximum atomic E-state index is 12.2. The summed E-state index contributed by atoms with van der Waals surface area (Å²) in [6.45, 7) is 1.77. The fourth-order valence-electron chi connectivity index (χ4n) is 3.44. The molecule has 4 rings (SSSR count). The third kappa shape index (κ3) is 5.01. The molecule has 1 amide bonds.